The number of carboxylic acid groups (broad SMARTS) is 1. The molecule has 3 rings (SSSR count). The van der Waals surface area contributed by atoms with E-state index >= 15 is 0 Å². The number of hydrogen-bond donors (Lipinski definition) is 7. The normalized spacial score (nSPS) is 48.1. The number of aliphatic hydroxyl groups is 6. The number of ether oxygens (including phenoxy) is 5. The maximum Gasteiger partial charge on any atom is 0.329 e. The van der Waals surface area contributed by atoms with Gasteiger partial charge in [0, 0.05) is 0 Å². The zero-order chi connectivity index (χ0) is 21.3. The molecule has 0 saturated carbocycles. The largest absolute Gasteiger partial charge is 0.480 e. The highest BCUT2D eigenvalue weighted by Gasteiger charge is 2.57. The van der Waals surface area contributed by atoms with Crippen LogP contribution in [-0.2, 0) is 28.5 Å². The van der Waals surface area contributed by atoms with Crippen molar-refractivity contribution in [2.24, 2.45) is 0 Å². The summed E-state index contributed by atoms with van der Waals surface area (Å²) in [6.07, 6.45) is -14.3. The molecule has 168 valence electrons. The summed E-state index contributed by atoms with van der Waals surface area (Å²) in [7, 11) is 0. The van der Waals surface area contributed by atoms with Gasteiger partial charge in [0.1, 0.15) is 80.5 Å². The molecule has 0 unspecified atom stereocenters. The fourth-order valence-electron chi connectivity index (χ4n) is 3.89. The Morgan fingerprint density at radius 2 is 1.38 bits per heavy atom. The van der Waals surface area contributed by atoms with E-state index in [2.05, 4.69) is 0 Å². The standard InChI is InChI=1S/C16H26O13/c17-1-5-8(21)10(23)11(24)13(28-5)15-16-14(26-4-27-15)12(25-3-7(19)20)9(22)6(2-18)29-16/h5-6,8-18,21-24H,1-4H2,(H,19,20)/t5-,6-,8-,9+,10+,11+,12+,13+,14-,15+,16-/m1/s1. The molecule has 0 amide bonds. The van der Waals surface area contributed by atoms with Crippen LogP contribution in [0.4, 0.5) is 0 Å². The Balaban J connectivity index is 1.84. The van der Waals surface area contributed by atoms with Crippen molar-refractivity contribution in [3.05, 3.63) is 0 Å². The van der Waals surface area contributed by atoms with Crippen LogP contribution in [-0.4, -0.2) is 135 Å². The number of hydrogen-bond acceptors (Lipinski definition) is 12. The van der Waals surface area contributed by atoms with Crippen molar-refractivity contribution in [2.75, 3.05) is 26.6 Å². The van der Waals surface area contributed by atoms with Crippen molar-refractivity contribution in [3.63, 3.8) is 0 Å². The first-order valence-electron chi connectivity index (χ1n) is 9.11. The third kappa shape index (κ3) is 4.40. The Bertz CT molecular complexity index is 559. The molecule has 7 N–H and O–H groups in total. The highest BCUT2D eigenvalue weighted by Crippen LogP contribution is 2.36. The van der Waals surface area contributed by atoms with Gasteiger partial charge in [-0.15, -0.1) is 0 Å². The summed E-state index contributed by atoms with van der Waals surface area (Å²) in [4.78, 5) is 10.9. The molecular weight excluding hydrogens is 400 g/mol. The molecule has 3 aliphatic heterocycles. The van der Waals surface area contributed by atoms with Crippen molar-refractivity contribution >= 4 is 5.97 Å². The number of carboxylic acids is 1. The molecule has 0 aliphatic carbocycles. The predicted octanol–water partition coefficient (Wildman–Crippen LogP) is -4.84. The summed E-state index contributed by atoms with van der Waals surface area (Å²) in [6, 6.07) is 0. The van der Waals surface area contributed by atoms with E-state index in [0.29, 0.717) is 0 Å². The Kier molecular flexibility index (Phi) is 7.40. The van der Waals surface area contributed by atoms with E-state index in [4.69, 9.17) is 28.8 Å². The molecule has 0 spiro atoms. The van der Waals surface area contributed by atoms with E-state index in [0.717, 1.165) is 0 Å². The fraction of sp³-hybridized carbons (Fsp3) is 0.938. The maximum atomic E-state index is 10.9. The van der Waals surface area contributed by atoms with Crippen molar-refractivity contribution < 1.29 is 64.2 Å². The predicted molar refractivity (Wildman–Crippen MR) is 87.5 cm³/mol. The number of aliphatic carboxylic acids is 1. The van der Waals surface area contributed by atoms with Crippen LogP contribution in [0.15, 0.2) is 0 Å². The van der Waals surface area contributed by atoms with Gasteiger partial charge >= 0.3 is 5.97 Å². The molecule has 3 heterocycles. The molecule has 3 fully saturated rings. The minimum Gasteiger partial charge on any atom is -0.480 e. The minimum atomic E-state index is -1.64. The highest BCUT2D eigenvalue weighted by atomic mass is 16.7. The lowest BCUT2D eigenvalue weighted by Gasteiger charge is -2.52. The monoisotopic (exact) mass is 426 g/mol. The van der Waals surface area contributed by atoms with Gasteiger partial charge < -0.3 is 59.4 Å². The van der Waals surface area contributed by atoms with E-state index in [1.54, 1.807) is 0 Å². The average Bonchev–Trinajstić information content (AvgIpc) is 2.70. The lowest BCUT2D eigenvalue weighted by atomic mass is 9.85. The summed E-state index contributed by atoms with van der Waals surface area (Å²) >= 11 is 0. The molecule has 3 aliphatic rings. The molecular formula is C16H26O13. The Morgan fingerprint density at radius 3 is 2.00 bits per heavy atom. The van der Waals surface area contributed by atoms with E-state index in [-0.39, 0.29) is 6.79 Å². The van der Waals surface area contributed by atoms with Crippen molar-refractivity contribution in [3.8, 4) is 0 Å². The molecule has 0 bridgehead atoms. The van der Waals surface area contributed by atoms with E-state index in [1.165, 1.54) is 0 Å². The molecule has 29 heavy (non-hydrogen) atoms. The summed E-state index contributed by atoms with van der Waals surface area (Å²) in [6.45, 7) is -2.35. The van der Waals surface area contributed by atoms with Crippen molar-refractivity contribution in [1.29, 1.82) is 0 Å². The lowest BCUT2D eigenvalue weighted by Crippen LogP contribution is -2.71. The Morgan fingerprint density at radius 1 is 0.793 bits per heavy atom. The van der Waals surface area contributed by atoms with Crippen LogP contribution in [0.2, 0.25) is 0 Å². The molecule has 13 heteroatoms. The second-order valence-corrected chi connectivity index (χ2v) is 7.16. The number of fused-ring (bicyclic) bond motifs is 1. The van der Waals surface area contributed by atoms with Crippen LogP contribution < -0.4 is 0 Å². The van der Waals surface area contributed by atoms with E-state index in [9.17, 15) is 35.4 Å². The average molecular weight is 426 g/mol. The maximum absolute atomic E-state index is 10.9. The van der Waals surface area contributed by atoms with Gasteiger partial charge in [-0.2, -0.15) is 0 Å². The summed E-state index contributed by atoms with van der Waals surface area (Å²) in [5.41, 5.74) is 0. The van der Waals surface area contributed by atoms with Crippen molar-refractivity contribution in [2.45, 2.75) is 67.1 Å². The SMILES string of the molecule is O=C(O)CO[C@H]1[C@@H](O)[C@@H](CO)O[C@H]2[C@H]([C@H]3O[C@H](CO)[C@@H](O)[C@H](O)[C@@H]3O)OCO[C@@H]21. The van der Waals surface area contributed by atoms with Crippen LogP contribution in [0.3, 0.4) is 0 Å². The van der Waals surface area contributed by atoms with Crippen molar-refractivity contribution in [1.82, 2.24) is 0 Å². The molecule has 0 aromatic heterocycles. The third-order valence-electron chi connectivity index (χ3n) is 5.37. The molecule has 0 radical (unpaired) electrons. The minimum absolute atomic E-state index is 0.354. The van der Waals surface area contributed by atoms with Crippen LogP contribution in [0, 0.1) is 0 Å². The second kappa shape index (κ2) is 9.45. The number of aliphatic hydroxyl groups excluding tert-OH is 6. The van der Waals surface area contributed by atoms with Gasteiger partial charge in [0.05, 0.1) is 13.2 Å². The molecule has 0 aromatic carbocycles. The lowest BCUT2D eigenvalue weighted by molar-refractivity contribution is -0.352. The first kappa shape index (κ1) is 22.7. The number of rotatable bonds is 6. The fourth-order valence-corrected chi connectivity index (χ4v) is 3.89. The summed E-state index contributed by atoms with van der Waals surface area (Å²) in [5, 5.41) is 68.5. The quantitative estimate of drug-likeness (QED) is 0.213. The van der Waals surface area contributed by atoms with Gasteiger partial charge in [-0.1, -0.05) is 0 Å². The van der Waals surface area contributed by atoms with E-state index < -0.39 is 92.9 Å². The smallest absolute Gasteiger partial charge is 0.329 e. The first-order valence-corrected chi connectivity index (χ1v) is 9.11. The zero-order valence-electron chi connectivity index (χ0n) is 15.3. The van der Waals surface area contributed by atoms with Crippen LogP contribution in [0.5, 0.6) is 0 Å². The molecule has 0 aromatic rings. The van der Waals surface area contributed by atoms with Gasteiger partial charge in [0.25, 0.3) is 0 Å². The zero-order valence-corrected chi connectivity index (χ0v) is 15.3. The van der Waals surface area contributed by atoms with Gasteiger partial charge in [0.2, 0.25) is 0 Å². The van der Waals surface area contributed by atoms with Crippen LogP contribution in [0.25, 0.3) is 0 Å². The van der Waals surface area contributed by atoms with Gasteiger partial charge in [-0.25, -0.2) is 4.79 Å². The third-order valence-corrected chi connectivity index (χ3v) is 5.37. The molecule has 13 nitrogen and oxygen atoms in total. The second-order valence-electron chi connectivity index (χ2n) is 7.16. The van der Waals surface area contributed by atoms with E-state index in [1.807, 2.05) is 0 Å². The molecule has 3 saturated heterocycles. The van der Waals surface area contributed by atoms with Gasteiger partial charge in [-0.3, -0.25) is 0 Å². The highest BCUT2D eigenvalue weighted by molar-refractivity contribution is 5.68. The van der Waals surface area contributed by atoms with Gasteiger partial charge in [0.15, 0.2) is 0 Å². The Labute approximate surface area is 164 Å². The summed E-state index contributed by atoms with van der Waals surface area (Å²) < 4.78 is 27.4. The topological polar surface area (TPSA) is 205 Å². The van der Waals surface area contributed by atoms with Crippen LogP contribution in [0.1, 0.15) is 0 Å². The first-order chi connectivity index (χ1) is 13.8. The summed E-state index contributed by atoms with van der Waals surface area (Å²) in [5.74, 6) is -1.28. The van der Waals surface area contributed by atoms with Gasteiger partial charge in [-0.05, 0) is 0 Å². The molecule has 11 atom stereocenters. The Hall–Kier alpha value is -0.970. The van der Waals surface area contributed by atoms with Crippen LogP contribution >= 0.6 is 0 Å². The number of carbonyl (C=O) groups is 1.